The lowest BCUT2D eigenvalue weighted by Crippen LogP contribution is -2.53. The summed E-state index contributed by atoms with van der Waals surface area (Å²) in [5, 5.41) is 2.94. The molecule has 7 nitrogen and oxygen atoms in total. The summed E-state index contributed by atoms with van der Waals surface area (Å²) in [7, 11) is 3.13. The van der Waals surface area contributed by atoms with E-state index < -0.39 is 11.6 Å². The minimum Gasteiger partial charge on any atom is -0.497 e. The Hall–Kier alpha value is -3.22. The molecule has 1 atom stereocenters. The van der Waals surface area contributed by atoms with Gasteiger partial charge in [-0.2, -0.15) is 0 Å². The lowest BCUT2D eigenvalue weighted by molar-refractivity contribution is -0.142. The number of methoxy groups -OCH3 is 2. The number of nitrogens with one attached hydrogen (secondary N) is 1. The topological polar surface area (TPSA) is 77.1 Å². The molecule has 0 aliphatic heterocycles. The lowest BCUT2D eigenvalue weighted by Gasteiger charge is -2.31. The predicted molar refractivity (Wildman–Crippen MR) is 119 cm³/mol. The summed E-state index contributed by atoms with van der Waals surface area (Å²) in [4.78, 5) is 27.4. The number of rotatable bonds is 9. The Morgan fingerprint density at radius 2 is 1.68 bits per heavy atom. The van der Waals surface area contributed by atoms with Crippen LogP contribution in [0.1, 0.15) is 33.3 Å². The summed E-state index contributed by atoms with van der Waals surface area (Å²) in [6.07, 6.45) is 0. The van der Waals surface area contributed by atoms with Crippen molar-refractivity contribution in [2.45, 2.75) is 45.8 Å². The van der Waals surface area contributed by atoms with Crippen LogP contribution in [0, 0.1) is 0 Å². The molecule has 7 heteroatoms. The highest BCUT2D eigenvalue weighted by molar-refractivity contribution is 5.88. The molecule has 168 valence electrons. The second-order valence-electron chi connectivity index (χ2n) is 8.23. The molecule has 0 radical (unpaired) electrons. The Labute approximate surface area is 184 Å². The van der Waals surface area contributed by atoms with E-state index in [1.165, 1.54) is 12.0 Å². The van der Waals surface area contributed by atoms with Gasteiger partial charge in [0.15, 0.2) is 18.1 Å². The van der Waals surface area contributed by atoms with Crippen LogP contribution in [0.4, 0.5) is 0 Å². The van der Waals surface area contributed by atoms with Crippen molar-refractivity contribution >= 4 is 11.8 Å². The SMILES string of the molecule is COc1cccc(CN(C(=O)COc2ccccc2OC)[C@@H](C)C(=O)NC(C)(C)C)c1. The van der Waals surface area contributed by atoms with E-state index in [0.717, 1.165) is 5.56 Å². The van der Waals surface area contributed by atoms with Gasteiger partial charge in [-0.15, -0.1) is 0 Å². The van der Waals surface area contributed by atoms with E-state index >= 15 is 0 Å². The molecule has 1 N–H and O–H groups in total. The number of benzene rings is 2. The molecule has 0 aliphatic carbocycles. The van der Waals surface area contributed by atoms with Crippen LogP contribution in [0.5, 0.6) is 17.2 Å². The summed E-state index contributed by atoms with van der Waals surface area (Å²) < 4.78 is 16.3. The van der Waals surface area contributed by atoms with Crippen molar-refractivity contribution in [3.63, 3.8) is 0 Å². The fourth-order valence-corrected chi connectivity index (χ4v) is 2.98. The number of ether oxygens (including phenoxy) is 3. The van der Waals surface area contributed by atoms with Crippen molar-refractivity contribution in [2.24, 2.45) is 0 Å². The average molecular weight is 429 g/mol. The number of hydrogen-bond acceptors (Lipinski definition) is 5. The van der Waals surface area contributed by atoms with Gasteiger partial charge in [-0.25, -0.2) is 0 Å². The van der Waals surface area contributed by atoms with Crippen LogP contribution in [-0.4, -0.2) is 49.1 Å². The molecule has 0 aliphatic rings. The van der Waals surface area contributed by atoms with Gasteiger partial charge >= 0.3 is 0 Å². The Bertz CT molecular complexity index is 892. The molecule has 31 heavy (non-hydrogen) atoms. The Balaban J connectivity index is 2.22. The first-order valence-electron chi connectivity index (χ1n) is 10.1. The maximum absolute atomic E-state index is 13.1. The summed E-state index contributed by atoms with van der Waals surface area (Å²) in [6.45, 7) is 7.42. The van der Waals surface area contributed by atoms with Crippen molar-refractivity contribution in [3.05, 3.63) is 54.1 Å². The zero-order valence-electron chi connectivity index (χ0n) is 19.1. The highest BCUT2D eigenvalue weighted by Crippen LogP contribution is 2.26. The molecule has 0 saturated carbocycles. The molecular weight excluding hydrogens is 396 g/mol. The Morgan fingerprint density at radius 3 is 2.29 bits per heavy atom. The maximum Gasteiger partial charge on any atom is 0.261 e. The van der Waals surface area contributed by atoms with Crippen molar-refractivity contribution in [1.82, 2.24) is 10.2 Å². The molecule has 2 aromatic rings. The molecule has 0 saturated heterocycles. The first-order valence-corrected chi connectivity index (χ1v) is 10.1. The first kappa shape index (κ1) is 24.1. The zero-order chi connectivity index (χ0) is 23.0. The van der Waals surface area contributed by atoms with Gasteiger partial charge in [-0.3, -0.25) is 9.59 Å². The molecule has 0 fully saturated rings. The number of para-hydroxylation sites is 2. The quantitative estimate of drug-likeness (QED) is 0.662. The summed E-state index contributed by atoms with van der Waals surface area (Å²) in [6, 6.07) is 13.8. The molecule has 0 aromatic heterocycles. The van der Waals surface area contributed by atoms with Gasteiger partial charge in [-0.05, 0) is 57.5 Å². The Kier molecular flexibility index (Phi) is 8.30. The summed E-state index contributed by atoms with van der Waals surface area (Å²) in [5.74, 6) is 1.13. The van der Waals surface area contributed by atoms with Gasteiger partial charge in [0.2, 0.25) is 5.91 Å². The van der Waals surface area contributed by atoms with Gasteiger partial charge < -0.3 is 24.4 Å². The van der Waals surface area contributed by atoms with Crippen molar-refractivity contribution in [2.75, 3.05) is 20.8 Å². The number of hydrogen-bond donors (Lipinski definition) is 1. The Morgan fingerprint density at radius 1 is 1.00 bits per heavy atom. The molecule has 2 aromatic carbocycles. The summed E-state index contributed by atoms with van der Waals surface area (Å²) in [5.41, 5.74) is 0.435. The highest BCUT2D eigenvalue weighted by Gasteiger charge is 2.29. The fourth-order valence-electron chi connectivity index (χ4n) is 2.98. The van der Waals surface area contributed by atoms with E-state index in [9.17, 15) is 9.59 Å². The van der Waals surface area contributed by atoms with Crippen LogP contribution in [0.2, 0.25) is 0 Å². The number of carbonyl (C=O) groups is 2. The van der Waals surface area contributed by atoms with Crippen molar-refractivity contribution in [1.29, 1.82) is 0 Å². The second kappa shape index (κ2) is 10.7. The van der Waals surface area contributed by atoms with Crippen LogP contribution >= 0.6 is 0 Å². The normalized spacial score (nSPS) is 11.9. The van der Waals surface area contributed by atoms with Crippen molar-refractivity contribution in [3.8, 4) is 17.2 Å². The van der Waals surface area contributed by atoms with E-state index in [1.807, 2.05) is 51.1 Å². The van der Waals surface area contributed by atoms with E-state index in [-0.39, 0.29) is 25.0 Å². The fraction of sp³-hybridized carbons (Fsp3) is 0.417. The second-order valence-corrected chi connectivity index (χ2v) is 8.23. The number of carbonyl (C=O) groups excluding carboxylic acids is 2. The smallest absolute Gasteiger partial charge is 0.261 e. The third-order valence-corrected chi connectivity index (χ3v) is 4.57. The standard InChI is InChI=1S/C24H32N2O5/c1-17(23(28)25-24(2,3)4)26(15-18-10-9-11-19(14-18)29-5)22(27)16-31-21-13-8-7-12-20(21)30-6/h7-14,17H,15-16H2,1-6H3,(H,25,28)/t17-/m0/s1. The molecule has 0 bridgehead atoms. The third-order valence-electron chi connectivity index (χ3n) is 4.57. The van der Waals surface area contributed by atoms with Crippen molar-refractivity contribution < 1.29 is 23.8 Å². The number of amides is 2. The number of nitrogens with zero attached hydrogens (tertiary/aromatic N) is 1. The van der Waals surface area contributed by atoms with E-state index in [0.29, 0.717) is 17.2 Å². The minimum atomic E-state index is -0.695. The lowest BCUT2D eigenvalue weighted by atomic mass is 10.1. The molecule has 0 spiro atoms. The predicted octanol–water partition coefficient (Wildman–Crippen LogP) is 3.41. The molecule has 2 rings (SSSR count). The van der Waals surface area contributed by atoms with Gasteiger partial charge in [0.1, 0.15) is 11.8 Å². The minimum absolute atomic E-state index is 0.225. The van der Waals surface area contributed by atoms with Gasteiger partial charge in [0, 0.05) is 12.1 Å². The van der Waals surface area contributed by atoms with Crippen LogP contribution < -0.4 is 19.5 Å². The largest absolute Gasteiger partial charge is 0.497 e. The van der Waals surface area contributed by atoms with Gasteiger partial charge in [0.05, 0.1) is 14.2 Å². The molecule has 0 heterocycles. The van der Waals surface area contributed by atoms with Gasteiger partial charge in [-0.1, -0.05) is 24.3 Å². The zero-order valence-corrected chi connectivity index (χ0v) is 19.1. The van der Waals surface area contributed by atoms with Crippen LogP contribution in [0.15, 0.2) is 48.5 Å². The first-order chi connectivity index (χ1) is 14.6. The van der Waals surface area contributed by atoms with E-state index in [4.69, 9.17) is 14.2 Å². The molecule has 2 amide bonds. The molecule has 0 unspecified atom stereocenters. The van der Waals surface area contributed by atoms with Crippen LogP contribution in [0.3, 0.4) is 0 Å². The molecular formula is C24H32N2O5. The van der Waals surface area contributed by atoms with Gasteiger partial charge in [0.25, 0.3) is 5.91 Å². The highest BCUT2D eigenvalue weighted by atomic mass is 16.5. The van der Waals surface area contributed by atoms with Crippen LogP contribution in [0.25, 0.3) is 0 Å². The summed E-state index contributed by atoms with van der Waals surface area (Å²) >= 11 is 0. The van der Waals surface area contributed by atoms with Crippen LogP contribution in [-0.2, 0) is 16.1 Å². The van der Waals surface area contributed by atoms with E-state index in [1.54, 1.807) is 32.2 Å². The average Bonchev–Trinajstić information content (AvgIpc) is 2.74. The maximum atomic E-state index is 13.1. The third kappa shape index (κ3) is 7.20. The van der Waals surface area contributed by atoms with E-state index in [2.05, 4.69) is 5.32 Å². The monoisotopic (exact) mass is 428 g/mol.